The van der Waals surface area contributed by atoms with Gasteiger partial charge in [-0.1, -0.05) is 101 Å². The summed E-state index contributed by atoms with van der Waals surface area (Å²) >= 11 is 15.6. The Morgan fingerprint density at radius 3 is 2.48 bits per heavy atom. The van der Waals surface area contributed by atoms with Crippen LogP contribution in [0.25, 0.3) is 22.7 Å². The molecule has 2 aromatic heterocycles. The van der Waals surface area contributed by atoms with Crippen molar-refractivity contribution in [3.8, 4) is 0 Å². The third-order valence-corrected chi connectivity index (χ3v) is 10.6. The van der Waals surface area contributed by atoms with Crippen LogP contribution in [0, 0.1) is 0 Å². The highest BCUT2D eigenvalue weighted by atomic mass is 35.5. The Labute approximate surface area is 295 Å². The lowest BCUT2D eigenvalue weighted by Crippen LogP contribution is -2.40. The molecule has 0 aliphatic carbocycles. The standard InChI is InChI=1S/C38H29Cl2N3O3S2/c1-3-46-37(45)33-34(23-9-5-4-6-10-23)41-38-43(35(33)24-14-17-28(47-2)18-15-24)36(44)32(48-38)19-26-22-42(31-12-8-7-11-29(26)31)21-25-13-16-27(39)20-30(25)40/h4-20,22,35H,3,21H2,1-2H3/b32-19-/t35-/m1/s1. The molecule has 10 heteroatoms. The molecular formula is C38H29Cl2N3O3S2. The number of para-hydroxylation sites is 1. The highest BCUT2D eigenvalue weighted by Gasteiger charge is 2.35. The van der Waals surface area contributed by atoms with Crippen LogP contribution in [0.3, 0.4) is 0 Å². The van der Waals surface area contributed by atoms with Crippen LogP contribution in [0.2, 0.25) is 10.0 Å². The summed E-state index contributed by atoms with van der Waals surface area (Å²) < 4.78 is 9.86. The number of thioether (sulfide) groups is 1. The van der Waals surface area contributed by atoms with Crippen molar-refractivity contribution in [2.45, 2.75) is 24.4 Å². The fourth-order valence-electron chi connectivity index (χ4n) is 6.04. The summed E-state index contributed by atoms with van der Waals surface area (Å²) in [6, 6.07) is 30.3. The number of thiazole rings is 1. The number of carbonyl (C=O) groups is 1. The molecule has 1 aliphatic rings. The summed E-state index contributed by atoms with van der Waals surface area (Å²) in [6.07, 6.45) is 5.96. The van der Waals surface area contributed by atoms with E-state index in [-0.39, 0.29) is 12.2 Å². The lowest BCUT2D eigenvalue weighted by molar-refractivity contribution is -0.138. The van der Waals surface area contributed by atoms with Crippen molar-refractivity contribution >= 4 is 74.9 Å². The minimum Gasteiger partial charge on any atom is -0.463 e. The lowest BCUT2D eigenvalue weighted by atomic mass is 9.93. The van der Waals surface area contributed by atoms with E-state index in [4.69, 9.17) is 32.9 Å². The van der Waals surface area contributed by atoms with E-state index in [1.54, 1.807) is 29.3 Å². The van der Waals surface area contributed by atoms with Gasteiger partial charge in [0.25, 0.3) is 5.56 Å². The molecule has 0 N–H and O–H groups in total. The van der Waals surface area contributed by atoms with Gasteiger partial charge >= 0.3 is 5.97 Å². The molecule has 0 fully saturated rings. The maximum Gasteiger partial charge on any atom is 0.338 e. The fraction of sp³-hybridized carbons (Fsp3) is 0.132. The molecule has 0 saturated heterocycles. The number of nitrogens with zero attached hydrogens (tertiary/aromatic N) is 3. The van der Waals surface area contributed by atoms with Crippen molar-refractivity contribution in [3.05, 3.63) is 161 Å². The molecule has 0 bridgehead atoms. The number of hydrogen-bond acceptors (Lipinski definition) is 6. The van der Waals surface area contributed by atoms with Gasteiger partial charge < -0.3 is 9.30 Å². The van der Waals surface area contributed by atoms with E-state index < -0.39 is 12.0 Å². The Morgan fingerprint density at radius 1 is 1.00 bits per heavy atom. The number of halogens is 2. The second-order valence-corrected chi connectivity index (χ2v) is 13.9. The molecule has 4 aromatic carbocycles. The van der Waals surface area contributed by atoms with E-state index in [1.807, 2.05) is 110 Å². The average Bonchev–Trinajstić information content (AvgIpc) is 3.61. The van der Waals surface area contributed by atoms with E-state index in [0.29, 0.717) is 37.2 Å². The van der Waals surface area contributed by atoms with Gasteiger partial charge in [0.2, 0.25) is 0 Å². The van der Waals surface area contributed by atoms with Crippen LogP contribution >= 0.6 is 46.3 Å². The van der Waals surface area contributed by atoms with Gasteiger partial charge in [0.15, 0.2) is 4.80 Å². The van der Waals surface area contributed by atoms with Gasteiger partial charge in [0.05, 0.1) is 28.5 Å². The molecule has 0 unspecified atom stereocenters. The van der Waals surface area contributed by atoms with Crippen molar-refractivity contribution in [1.29, 1.82) is 0 Å². The first kappa shape index (κ1) is 32.2. The van der Waals surface area contributed by atoms with Crippen LogP contribution in [0.1, 0.15) is 35.2 Å². The molecule has 0 spiro atoms. The molecular weight excluding hydrogens is 681 g/mol. The first-order valence-corrected chi connectivity index (χ1v) is 18.1. The quantitative estimate of drug-likeness (QED) is 0.119. The SMILES string of the molecule is CCOC(=O)C1=C(c2ccccc2)N=c2s/c(=C\c3cn(Cc4ccc(Cl)cc4Cl)c4ccccc34)c(=O)n2[C@@H]1c1ccc(SC)cc1. The Bertz CT molecular complexity index is 2390. The van der Waals surface area contributed by atoms with Crippen molar-refractivity contribution in [2.24, 2.45) is 4.99 Å². The van der Waals surface area contributed by atoms with Gasteiger partial charge in [0.1, 0.15) is 0 Å². The number of esters is 1. The molecule has 0 amide bonds. The monoisotopic (exact) mass is 709 g/mol. The smallest absolute Gasteiger partial charge is 0.338 e. The number of carbonyl (C=O) groups excluding carboxylic acids is 1. The molecule has 3 heterocycles. The van der Waals surface area contributed by atoms with Gasteiger partial charge in [-0.25, -0.2) is 9.79 Å². The van der Waals surface area contributed by atoms with Crippen molar-refractivity contribution in [3.63, 3.8) is 0 Å². The van der Waals surface area contributed by atoms with Crippen molar-refractivity contribution in [1.82, 2.24) is 9.13 Å². The van der Waals surface area contributed by atoms with Crippen LogP contribution in [-0.2, 0) is 16.1 Å². The zero-order valence-electron chi connectivity index (χ0n) is 26.0. The average molecular weight is 711 g/mol. The van der Waals surface area contributed by atoms with Gasteiger partial charge in [-0.05, 0) is 60.7 Å². The molecule has 1 atom stereocenters. The Hall–Kier alpha value is -4.34. The topological polar surface area (TPSA) is 65.6 Å². The molecule has 0 radical (unpaired) electrons. The van der Waals surface area contributed by atoms with Crippen molar-refractivity contribution < 1.29 is 9.53 Å². The van der Waals surface area contributed by atoms with Crippen LogP contribution in [-0.4, -0.2) is 28.0 Å². The molecule has 7 rings (SSSR count). The van der Waals surface area contributed by atoms with Crippen LogP contribution in [0.5, 0.6) is 0 Å². The summed E-state index contributed by atoms with van der Waals surface area (Å²) in [7, 11) is 0. The molecule has 0 saturated carbocycles. The first-order chi connectivity index (χ1) is 23.4. The van der Waals surface area contributed by atoms with E-state index in [0.717, 1.165) is 38.1 Å². The summed E-state index contributed by atoms with van der Waals surface area (Å²) in [5.74, 6) is -0.503. The zero-order chi connectivity index (χ0) is 33.4. The molecule has 48 heavy (non-hydrogen) atoms. The predicted molar refractivity (Wildman–Crippen MR) is 197 cm³/mol. The lowest BCUT2D eigenvalue weighted by Gasteiger charge is -2.26. The highest BCUT2D eigenvalue weighted by molar-refractivity contribution is 7.98. The third kappa shape index (κ3) is 6.05. The summed E-state index contributed by atoms with van der Waals surface area (Å²) in [5.41, 5.74) is 4.98. The van der Waals surface area contributed by atoms with Crippen LogP contribution in [0.15, 0.2) is 124 Å². The van der Waals surface area contributed by atoms with E-state index >= 15 is 0 Å². The predicted octanol–water partition coefficient (Wildman–Crippen LogP) is 7.97. The summed E-state index contributed by atoms with van der Waals surface area (Å²) in [6.45, 7) is 2.49. The maximum atomic E-state index is 14.5. The number of benzene rings is 4. The third-order valence-electron chi connectivity index (χ3n) is 8.27. The molecule has 6 aromatic rings. The number of rotatable bonds is 8. The Kier molecular flexibility index (Phi) is 9.16. The first-order valence-electron chi connectivity index (χ1n) is 15.3. The second-order valence-electron chi connectivity index (χ2n) is 11.2. The van der Waals surface area contributed by atoms with E-state index in [1.165, 1.54) is 11.3 Å². The summed E-state index contributed by atoms with van der Waals surface area (Å²) in [4.78, 5) is 34.8. The zero-order valence-corrected chi connectivity index (χ0v) is 29.2. The second kappa shape index (κ2) is 13.6. The molecule has 240 valence electrons. The van der Waals surface area contributed by atoms with E-state index in [9.17, 15) is 9.59 Å². The van der Waals surface area contributed by atoms with Crippen molar-refractivity contribution in [2.75, 3.05) is 12.9 Å². The normalized spacial score (nSPS) is 14.7. The Balaban J connectivity index is 1.44. The minimum atomic E-state index is -0.734. The minimum absolute atomic E-state index is 0.193. The fourth-order valence-corrected chi connectivity index (χ4v) is 7.91. The van der Waals surface area contributed by atoms with Gasteiger partial charge in [-0.2, -0.15) is 0 Å². The van der Waals surface area contributed by atoms with Crippen LogP contribution < -0.4 is 14.9 Å². The number of aromatic nitrogens is 2. The van der Waals surface area contributed by atoms with Gasteiger partial charge in [0, 0.05) is 49.7 Å². The number of ether oxygens (including phenoxy) is 1. The number of hydrogen-bond donors (Lipinski definition) is 0. The van der Waals surface area contributed by atoms with E-state index in [2.05, 4.69) is 4.57 Å². The highest BCUT2D eigenvalue weighted by Crippen LogP contribution is 2.36. The molecule has 6 nitrogen and oxygen atoms in total. The van der Waals surface area contributed by atoms with Gasteiger partial charge in [-0.15, -0.1) is 11.8 Å². The van der Waals surface area contributed by atoms with Crippen LogP contribution in [0.4, 0.5) is 0 Å². The maximum absolute atomic E-state index is 14.5. The number of fused-ring (bicyclic) bond motifs is 2. The van der Waals surface area contributed by atoms with Gasteiger partial charge in [-0.3, -0.25) is 9.36 Å². The molecule has 1 aliphatic heterocycles. The summed E-state index contributed by atoms with van der Waals surface area (Å²) in [5, 5.41) is 2.17. The Morgan fingerprint density at radius 2 is 1.75 bits per heavy atom. The largest absolute Gasteiger partial charge is 0.463 e.